The Morgan fingerprint density at radius 3 is 2.46 bits per heavy atom. The fraction of sp³-hybridized carbons (Fsp3) is 0.190. The van der Waals surface area contributed by atoms with E-state index in [1.54, 1.807) is 16.7 Å². The Balaban J connectivity index is 2.08. The summed E-state index contributed by atoms with van der Waals surface area (Å²) in [6.45, 7) is 4.46. The molecule has 3 rings (SSSR count). The highest BCUT2D eigenvalue weighted by atomic mass is 16.4. The summed E-state index contributed by atoms with van der Waals surface area (Å²) in [6.07, 6.45) is 4.50. The van der Waals surface area contributed by atoms with Gasteiger partial charge in [-0.1, -0.05) is 37.3 Å². The van der Waals surface area contributed by atoms with Gasteiger partial charge in [-0.25, -0.2) is 9.78 Å². The minimum Gasteiger partial charge on any atom is -0.478 e. The third-order valence-corrected chi connectivity index (χ3v) is 4.36. The molecule has 0 saturated carbocycles. The largest absolute Gasteiger partial charge is 0.478 e. The number of hydrogen-bond donors (Lipinski definition) is 1. The average Bonchev–Trinajstić information content (AvgIpc) is 2.66. The molecule has 1 aromatic heterocycles. The second-order valence-electron chi connectivity index (χ2n) is 5.98. The molecule has 132 valence electrons. The van der Waals surface area contributed by atoms with Crippen LogP contribution < -0.4 is 5.56 Å². The molecule has 0 atom stereocenters. The molecule has 5 heteroatoms. The molecule has 26 heavy (non-hydrogen) atoms. The molecule has 1 N–H and O–H groups in total. The first-order chi connectivity index (χ1) is 12.5. The van der Waals surface area contributed by atoms with E-state index in [0.29, 0.717) is 23.3 Å². The van der Waals surface area contributed by atoms with E-state index in [0.717, 1.165) is 12.0 Å². The van der Waals surface area contributed by atoms with Gasteiger partial charge >= 0.3 is 5.97 Å². The zero-order valence-electron chi connectivity index (χ0n) is 14.8. The van der Waals surface area contributed by atoms with Crippen molar-refractivity contribution >= 4 is 29.2 Å². The number of nitrogens with zero attached hydrogens (tertiary/aromatic N) is 2. The van der Waals surface area contributed by atoms with Gasteiger partial charge in [0.1, 0.15) is 5.69 Å². The predicted octanol–water partition coefficient (Wildman–Crippen LogP) is 3.85. The van der Waals surface area contributed by atoms with Crippen LogP contribution in [0.3, 0.4) is 0 Å². The second-order valence-corrected chi connectivity index (χ2v) is 5.98. The molecule has 0 aliphatic heterocycles. The van der Waals surface area contributed by atoms with Gasteiger partial charge in [0.15, 0.2) is 0 Å². The lowest BCUT2D eigenvalue weighted by Crippen LogP contribution is -2.23. The number of carbonyl (C=O) groups is 1. The summed E-state index contributed by atoms with van der Waals surface area (Å²) in [7, 11) is 0. The highest BCUT2D eigenvalue weighted by molar-refractivity contribution is 5.92. The fourth-order valence-corrected chi connectivity index (χ4v) is 2.86. The normalized spacial score (nSPS) is 11.3. The molecule has 0 fully saturated rings. The number of hydrogen-bond acceptors (Lipinski definition) is 3. The molecular weight excluding hydrogens is 328 g/mol. The predicted molar refractivity (Wildman–Crippen MR) is 103 cm³/mol. The van der Waals surface area contributed by atoms with Gasteiger partial charge < -0.3 is 9.67 Å². The van der Waals surface area contributed by atoms with Crippen LogP contribution in [0.5, 0.6) is 0 Å². The van der Waals surface area contributed by atoms with Crippen LogP contribution in [0.4, 0.5) is 0 Å². The zero-order chi connectivity index (χ0) is 18.7. The van der Waals surface area contributed by atoms with Gasteiger partial charge in [-0.3, -0.25) is 4.79 Å². The van der Waals surface area contributed by atoms with Gasteiger partial charge in [-0.2, -0.15) is 0 Å². The van der Waals surface area contributed by atoms with Crippen molar-refractivity contribution in [3.8, 4) is 0 Å². The van der Waals surface area contributed by atoms with Crippen LogP contribution in [0.25, 0.3) is 23.2 Å². The van der Waals surface area contributed by atoms with E-state index in [1.807, 2.05) is 25.1 Å². The summed E-state index contributed by atoms with van der Waals surface area (Å²) in [5.74, 6) is -1.02. The standard InChI is InChI=1S/C21H20N2O3/c1-3-14-5-7-15(8-6-14)9-11-17-20(24)23(4-2)19-12-10-16(21(25)26)13-18(19)22-17/h5-13H,3-4H2,1-2H3,(H,25,26). The Bertz CT molecular complexity index is 1050. The van der Waals surface area contributed by atoms with Crippen molar-refractivity contribution in [3.05, 3.63) is 75.2 Å². The first-order valence-electron chi connectivity index (χ1n) is 8.58. The van der Waals surface area contributed by atoms with Gasteiger partial charge in [0.2, 0.25) is 0 Å². The topological polar surface area (TPSA) is 72.2 Å². The van der Waals surface area contributed by atoms with Gasteiger partial charge in [-0.05, 0) is 48.7 Å². The SMILES string of the molecule is CCc1ccc(C=Cc2nc3cc(C(=O)O)ccc3n(CC)c2=O)cc1. The maximum absolute atomic E-state index is 12.7. The number of fused-ring (bicyclic) bond motifs is 1. The molecule has 3 aromatic rings. The zero-order valence-corrected chi connectivity index (χ0v) is 14.8. The Labute approximate surface area is 151 Å². The number of carboxylic acids is 1. The van der Waals surface area contributed by atoms with Crippen LogP contribution in [-0.4, -0.2) is 20.6 Å². The molecule has 0 unspecified atom stereocenters. The van der Waals surface area contributed by atoms with Gasteiger partial charge in [-0.15, -0.1) is 0 Å². The minimum atomic E-state index is -1.02. The van der Waals surface area contributed by atoms with E-state index in [2.05, 4.69) is 24.0 Å². The molecule has 1 heterocycles. The minimum absolute atomic E-state index is 0.149. The quantitative estimate of drug-likeness (QED) is 0.760. The van der Waals surface area contributed by atoms with E-state index < -0.39 is 5.97 Å². The highest BCUT2D eigenvalue weighted by Gasteiger charge is 2.11. The van der Waals surface area contributed by atoms with Crippen LogP contribution >= 0.6 is 0 Å². The molecular formula is C21H20N2O3. The van der Waals surface area contributed by atoms with Crippen LogP contribution in [0.2, 0.25) is 0 Å². The van der Waals surface area contributed by atoms with Gasteiger partial charge in [0.05, 0.1) is 16.6 Å². The van der Waals surface area contributed by atoms with E-state index >= 15 is 0 Å². The van der Waals surface area contributed by atoms with Crippen LogP contribution in [0.15, 0.2) is 47.3 Å². The second kappa shape index (κ2) is 7.35. The Kier molecular flexibility index (Phi) is 4.98. The van der Waals surface area contributed by atoms with Crippen LogP contribution in [0.1, 0.15) is 41.0 Å². The molecule has 0 saturated heterocycles. The van der Waals surface area contributed by atoms with Crippen LogP contribution in [0, 0.1) is 0 Å². The lowest BCUT2D eigenvalue weighted by molar-refractivity contribution is 0.0697. The third kappa shape index (κ3) is 3.42. The summed E-state index contributed by atoms with van der Waals surface area (Å²) in [5.41, 5.74) is 3.60. The van der Waals surface area contributed by atoms with Crippen molar-refractivity contribution < 1.29 is 9.90 Å². The van der Waals surface area contributed by atoms with Crippen molar-refractivity contribution in [1.29, 1.82) is 0 Å². The van der Waals surface area contributed by atoms with Crippen molar-refractivity contribution in [2.24, 2.45) is 0 Å². The number of rotatable bonds is 5. The molecule has 0 radical (unpaired) electrons. The van der Waals surface area contributed by atoms with E-state index in [-0.39, 0.29) is 11.1 Å². The third-order valence-electron chi connectivity index (χ3n) is 4.36. The molecule has 5 nitrogen and oxygen atoms in total. The van der Waals surface area contributed by atoms with Gasteiger partial charge in [0.25, 0.3) is 5.56 Å². The van der Waals surface area contributed by atoms with E-state index in [4.69, 9.17) is 0 Å². The first kappa shape index (κ1) is 17.6. The number of aryl methyl sites for hydroxylation is 2. The summed E-state index contributed by atoms with van der Waals surface area (Å²) >= 11 is 0. The van der Waals surface area contributed by atoms with Crippen molar-refractivity contribution in [3.63, 3.8) is 0 Å². The summed E-state index contributed by atoms with van der Waals surface area (Å²) in [4.78, 5) is 28.3. The number of carboxylic acid groups (broad SMARTS) is 1. The molecule has 0 aliphatic rings. The summed E-state index contributed by atoms with van der Waals surface area (Å²) in [5, 5.41) is 9.18. The lowest BCUT2D eigenvalue weighted by atomic mass is 10.1. The van der Waals surface area contributed by atoms with Gasteiger partial charge in [0, 0.05) is 6.54 Å². The maximum Gasteiger partial charge on any atom is 0.335 e. The number of aromatic carboxylic acids is 1. The van der Waals surface area contributed by atoms with Crippen molar-refractivity contribution in [2.45, 2.75) is 26.8 Å². The fourth-order valence-electron chi connectivity index (χ4n) is 2.86. The van der Waals surface area contributed by atoms with Crippen LogP contribution in [-0.2, 0) is 13.0 Å². The number of benzene rings is 2. The monoisotopic (exact) mass is 348 g/mol. The summed E-state index contributed by atoms with van der Waals surface area (Å²) in [6, 6.07) is 12.7. The first-order valence-corrected chi connectivity index (χ1v) is 8.58. The molecule has 0 aliphatic carbocycles. The maximum atomic E-state index is 12.7. The van der Waals surface area contributed by atoms with Crippen molar-refractivity contribution in [2.75, 3.05) is 0 Å². The highest BCUT2D eigenvalue weighted by Crippen LogP contribution is 2.15. The number of aromatic nitrogens is 2. The molecule has 0 bridgehead atoms. The van der Waals surface area contributed by atoms with E-state index in [1.165, 1.54) is 17.7 Å². The molecule has 0 amide bonds. The molecule has 0 spiro atoms. The Hall–Kier alpha value is -3.21. The van der Waals surface area contributed by atoms with E-state index in [9.17, 15) is 14.7 Å². The Morgan fingerprint density at radius 1 is 1.12 bits per heavy atom. The molecule has 2 aromatic carbocycles. The van der Waals surface area contributed by atoms with Crippen molar-refractivity contribution in [1.82, 2.24) is 9.55 Å². The summed E-state index contributed by atoms with van der Waals surface area (Å²) < 4.78 is 1.60. The Morgan fingerprint density at radius 2 is 1.85 bits per heavy atom. The lowest BCUT2D eigenvalue weighted by Gasteiger charge is -2.09. The smallest absolute Gasteiger partial charge is 0.335 e. The average molecular weight is 348 g/mol.